The van der Waals surface area contributed by atoms with Crippen molar-refractivity contribution >= 4 is 27.6 Å². The van der Waals surface area contributed by atoms with Crippen molar-refractivity contribution in [2.45, 2.75) is 17.7 Å². The third-order valence-electron chi connectivity index (χ3n) is 5.00. The van der Waals surface area contributed by atoms with Gasteiger partial charge in [0.15, 0.2) is 0 Å². The summed E-state index contributed by atoms with van der Waals surface area (Å²) in [5.41, 5.74) is 2.87. The Labute approximate surface area is 183 Å². The van der Waals surface area contributed by atoms with E-state index in [4.69, 9.17) is 4.42 Å². The van der Waals surface area contributed by atoms with Crippen LogP contribution in [0.3, 0.4) is 0 Å². The highest BCUT2D eigenvalue weighted by molar-refractivity contribution is 7.89. The van der Waals surface area contributed by atoms with Gasteiger partial charge in [-0.2, -0.15) is 9.41 Å². The summed E-state index contributed by atoms with van der Waals surface area (Å²) in [5, 5.41) is 15.5. The summed E-state index contributed by atoms with van der Waals surface area (Å²) in [6, 6.07) is 12.8. The minimum absolute atomic E-state index is 0.0388. The third-order valence-corrected chi connectivity index (χ3v) is 6.90. The zero-order chi connectivity index (χ0) is 22.7. The standard InChI is InChI=1S/C21H19FN4O5S/c22-16-5-3-15(4-6-16)21-10-7-17(31-21)14-23-24-19-9-8-18(13-20(19)26(27)28)32(29,30)25-11-1-2-12-25/h3-10,13-14,24H,1-2,11-12H2/b23-14+. The molecule has 1 aliphatic rings. The number of rotatable bonds is 7. The van der Waals surface area contributed by atoms with Gasteiger partial charge in [0.1, 0.15) is 23.0 Å². The molecule has 0 saturated carbocycles. The molecule has 3 aromatic rings. The predicted molar refractivity (Wildman–Crippen MR) is 116 cm³/mol. The number of furan rings is 1. The zero-order valence-electron chi connectivity index (χ0n) is 16.8. The minimum Gasteiger partial charge on any atom is -0.455 e. The van der Waals surface area contributed by atoms with E-state index in [-0.39, 0.29) is 16.4 Å². The number of halogens is 1. The molecule has 11 heteroatoms. The van der Waals surface area contributed by atoms with Crippen molar-refractivity contribution in [1.82, 2.24) is 4.31 Å². The van der Waals surface area contributed by atoms with Crippen LogP contribution >= 0.6 is 0 Å². The van der Waals surface area contributed by atoms with E-state index < -0.39 is 20.6 Å². The van der Waals surface area contributed by atoms with Crippen LogP contribution in [0.4, 0.5) is 15.8 Å². The lowest BCUT2D eigenvalue weighted by Crippen LogP contribution is -2.27. The maximum absolute atomic E-state index is 13.0. The van der Waals surface area contributed by atoms with E-state index in [1.807, 2.05) is 0 Å². The van der Waals surface area contributed by atoms with Gasteiger partial charge >= 0.3 is 0 Å². The first kappa shape index (κ1) is 21.7. The number of anilines is 1. The van der Waals surface area contributed by atoms with Gasteiger partial charge in [-0.05, 0) is 61.4 Å². The first-order valence-corrected chi connectivity index (χ1v) is 11.2. The number of nitrogens with zero attached hydrogens (tertiary/aromatic N) is 3. The van der Waals surface area contributed by atoms with Crippen LogP contribution in [0.5, 0.6) is 0 Å². The van der Waals surface area contributed by atoms with Crippen molar-refractivity contribution < 1.29 is 22.1 Å². The average molecular weight is 458 g/mol. The number of sulfonamides is 1. The van der Waals surface area contributed by atoms with E-state index in [0.29, 0.717) is 30.2 Å². The Morgan fingerprint density at radius 1 is 1.09 bits per heavy atom. The van der Waals surface area contributed by atoms with Gasteiger partial charge in [-0.15, -0.1) is 0 Å². The summed E-state index contributed by atoms with van der Waals surface area (Å²) in [5.74, 6) is 0.522. The number of benzene rings is 2. The Kier molecular flexibility index (Phi) is 6.01. The van der Waals surface area contributed by atoms with Crippen molar-refractivity contribution in [1.29, 1.82) is 0 Å². The predicted octanol–water partition coefficient (Wildman–Crippen LogP) is 4.22. The Hall–Kier alpha value is -3.57. The summed E-state index contributed by atoms with van der Waals surface area (Å²) in [7, 11) is -3.78. The zero-order valence-corrected chi connectivity index (χ0v) is 17.6. The molecule has 1 aromatic heterocycles. The van der Waals surface area contributed by atoms with E-state index in [1.165, 1.54) is 34.8 Å². The van der Waals surface area contributed by atoms with Crippen LogP contribution in [0.1, 0.15) is 18.6 Å². The van der Waals surface area contributed by atoms with Gasteiger partial charge in [-0.3, -0.25) is 15.5 Å². The molecule has 0 aliphatic carbocycles. The van der Waals surface area contributed by atoms with Gasteiger partial charge in [-0.25, -0.2) is 12.8 Å². The second kappa shape index (κ2) is 8.89. The maximum Gasteiger partial charge on any atom is 0.295 e. The molecule has 32 heavy (non-hydrogen) atoms. The lowest BCUT2D eigenvalue weighted by atomic mass is 10.2. The fourth-order valence-corrected chi connectivity index (χ4v) is 4.89. The summed E-state index contributed by atoms with van der Waals surface area (Å²) in [4.78, 5) is 10.7. The molecule has 1 N–H and O–H groups in total. The average Bonchev–Trinajstić information content (AvgIpc) is 3.47. The third kappa shape index (κ3) is 4.53. The van der Waals surface area contributed by atoms with Crippen molar-refractivity contribution in [2.75, 3.05) is 18.5 Å². The molecule has 0 spiro atoms. The van der Waals surface area contributed by atoms with E-state index in [1.54, 1.807) is 24.3 Å². The second-order valence-corrected chi connectivity index (χ2v) is 9.06. The molecular formula is C21H19FN4O5S. The van der Waals surface area contributed by atoms with Crippen LogP contribution in [0.2, 0.25) is 0 Å². The van der Waals surface area contributed by atoms with Crippen molar-refractivity contribution in [2.24, 2.45) is 5.10 Å². The lowest BCUT2D eigenvalue weighted by Gasteiger charge is -2.15. The molecular weight excluding hydrogens is 439 g/mol. The quantitative estimate of drug-likeness (QED) is 0.322. The van der Waals surface area contributed by atoms with Crippen LogP contribution in [-0.4, -0.2) is 37.0 Å². The number of hydrogen-bond acceptors (Lipinski definition) is 7. The first-order valence-electron chi connectivity index (χ1n) is 9.78. The van der Waals surface area contributed by atoms with Crippen LogP contribution < -0.4 is 5.43 Å². The highest BCUT2D eigenvalue weighted by Gasteiger charge is 2.29. The number of nitrogens with one attached hydrogen (secondary N) is 1. The number of nitro groups is 1. The molecule has 0 amide bonds. The minimum atomic E-state index is -3.78. The van der Waals surface area contributed by atoms with Crippen molar-refractivity contribution in [3.63, 3.8) is 0 Å². The second-order valence-electron chi connectivity index (χ2n) is 7.13. The van der Waals surface area contributed by atoms with E-state index in [2.05, 4.69) is 10.5 Å². The van der Waals surface area contributed by atoms with Gasteiger partial charge in [0.2, 0.25) is 10.0 Å². The molecule has 0 unspecified atom stereocenters. The largest absolute Gasteiger partial charge is 0.455 e. The van der Waals surface area contributed by atoms with Crippen LogP contribution in [0.15, 0.2) is 69.0 Å². The van der Waals surface area contributed by atoms with Crippen LogP contribution in [-0.2, 0) is 10.0 Å². The molecule has 9 nitrogen and oxygen atoms in total. The highest BCUT2D eigenvalue weighted by atomic mass is 32.2. The SMILES string of the molecule is O=[N+]([O-])c1cc(S(=O)(=O)N2CCCC2)ccc1N/N=C/c1ccc(-c2ccc(F)cc2)o1. The van der Waals surface area contributed by atoms with Crippen molar-refractivity contribution in [3.8, 4) is 11.3 Å². The topological polar surface area (TPSA) is 118 Å². The van der Waals surface area contributed by atoms with Crippen LogP contribution in [0, 0.1) is 15.9 Å². The monoisotopic (exact) mass is 458 g/mol. The van der Waals surface area contributed by atoms with Crippen molar-refractivity contribution in [3.05, 3.63) is 76.3 Å². The lowest BCUT2D eigenvalue weighted by molar-refractivity contribution is -0.384. The molecule has 1 aliphatic heterocycles. The highest BCUT2D eigenvalue weighted by Crippen LogP contribution is 2.30. The van der Waals surface area contributed by atoms with Gasteiger partial charge in [0.25, 0.3) is 5.69 Å². The van der Waals surface area contributed by atoms with Gasteiger partial charge in [-0.1, -0.05) is 0 Å². The summed E-state index contributed by atoms with van der Waals surface area (Å²) in [6.45, 7) is 0.812. The summed E-state index contributed by atoms with van der Waals surface area (Å²) in [6.07, 6.45) is 2.86. The molecule has 2 aromatic carbocycles. The van der Waals surface area contributed by atoms with E-state index in [9.17, 15) is 22.9 Å². The Bertz CT molecular complexity index is 1270. The van der Waals surface area contributed by atoms with Gasteiger partial charge < -0.3 is 4.42 Å². The molecule has 2 heterocycles. The number of nitro benzene ring substituents is 1. The molecule has 1 saturated heterocycles. The normalized spacial score (nSPS) is 14.8. The smallest absolute Gasteiger partial charge is 0.295 e. The Morgan fingerprint density at radius 3 is 2.50 bits per heavy atom. The number of hydrogen-bond donors (Lipinski definition) is 1. The fraction of sp³-hybridized carbons (Fsp3) is 0.190. The van der Waals surface area contributed by atoms with Gasteiger partial charge in [0, 0.05) is 24.7 Å². The molecule has 0 bridgehead atoms. The Morgan fingerprint density at radius 2 is 1.81 bits per heavy atom. The summed E-state index contributed by atoms with van der Waals surface area (Å²) >= 11 is 0. The number of hydrazone groups is 1. The van der Waals surface area contributed by atoms with E-state index in [0.717, 1.165) is 18.9 Å². The molecule has 4 rings (SSSR count). The molecule has 1 fully saturated rings. The Balaban J connectivity index is 1.51. The maximum atomic E-state index is 13.0. The fourth-order valence-electron chi connectivity index (χ4n) is 3.35. The molecule has 0 radical (unpaired) electrons. The first-order chi connectivity index (χ1) is 15.3. The summed E-state index contributed by atoms with van der Waals surface area (Å²) < 4.78 is 45.3. The van der Waals surface area contributed by atoms with Gasteiger partial charge in [0.05, 0.1) is 16.0 Å². The molecule has 166 valence electrons. The molecule has 0 atom stereocenters. The van der Waals surface area contributed by atoms with Crippen LogP contribution in [0.25, 0.3) is 11.3 Å². The van der Waals surface area contributed by atoms with E-state index >= 15 is 0 Å².